The van der Waals surface area contributed by atoms with Gasteiger partial charge in [-0.25, -0.2) is 0 Å². The molecule has 0 fully saturated rings. The molecule has 0 spiro atoms. The third-order valence-electron chi connectivity index (χ3n) is 5.44. The first-order valence-corrected chi connectivity index (χ1v) is 10.5. The summed E-state index contributed by atoms with van der Waals surface area (Å²) in [5.41, 5.74) is 17.5. The molecule has 31 heavy (non-hydrogen) atoms. The van der Waals surface area contributed by atoms with Crippen LogP contribution in [0.2, 0.25) is 0 Å². The van der Waals surface area contributed by atoms with Crippen molar-refractivity contribution >= 4 is 27.5 Å². The predicted octanol–water partition coefficient (Wildman–Crippen LogP) is 5.90. The van der Waals surface area contributed by atoms with E-state index in [4.69, 9.17) is 5.73 Å². The molecule has 4 N–H and O–H groups in total. The Morgan fingerprint density at radius 1 is 0.677 bits per heavy atom. The van der Waals surface area contributed by atoms with Crippen LogP contribution in [-0.4, -0.2) is 11.6 Å². The zero-order valence-corrected chi connectivity index (χ0v) is 17.7. The van der Waals surface area contributed by atoms with Crippen LogP contribution in [0.4, 0.5) is 0 Å². The molecule has 5 rings (SSSR count). The molecule has 0 atom stereocenters. The van der Waals surface area contributed by atoms with Crippen LogP contribution in [0.5, 0.6) is 0 Å². The van der Waals surface area contributed by atoms with Crippen LogP contribution < -0.4 is 11.5 Å². The van der Waals surface area contributed by atoms with Gasteiger partial charge in [-0.1, -0.05) is 84.9 Å². The summed E-state index contributed by atoms with van der Waals surface area (Å²) in [4.78, 5) is 0. The van der Waals surface area contributed by atoms with Crippen molar-refractivity contribution in [2.24, 2.45) is 11.5 Å². The largest absolute Gasteiger partial charge is 0.398 e. The normalized spacial score (nSPS) is 11.4. The van der Waals surface area contributed by atoms with Gasteiger partial charge in [0.15, 0.2) is 0 Å². The third-order valence-corrected chi connectivity index (χ3v) is 5.44. The van der Waals surface area contributed by atoms with Gasteiger partial charge >= 0.3 is 0 Å². The molecular formula is C28H27N3. The van der Waals surface area contributed by atoms with Crippen molar-refractivity contribution in [1.29, 1.82) is 0 Å². The number of aromatic nitrogens is 1. The van der Waals surface area contributed by atoms with E-state index in [-0.39, 0.29) is 0 Å². The molecule has 0 aliphatic rings. The van der Waals surface area contributed by atoms with Crippen molar-refractivity contribution in [3.63, 3.8) is 0 Å². The van der Waals surface area contributed by atoms with Crippen molar-refractivity contribution in [2.45, 2.75) is 6.42 Å². The maximum Gasteiger partial charge on any atom is 0.0541 e. The van der Waals surface area contributed by atoms with Crippen molar-refractivity contribution < 1.29 is 0 Å². The first kappa shape index (κ1) is 20.5. The quantitative estimate of drug-likeness (QED) is 0.391. The first-order valence-electron chi connectivity index (χ1n) is 10.5. The average Bonchev–Trinajstić information content (AvgIpc) is 3.19. The lowest BCUT2D eigenvalue weighted by atomic mass is 10.1. The van der Waals surface area contributed by atoms with Crippen LogP contribution in [-0.2, 0) is 6.42 Å². The van der Waals surface area contributed by atoms with Crippen LogP contribution in [0.15, 0.2) is 109 Å². The first-order chi connectivity index (χ1) is 15.3. The summed E-state index contributed by atoms with van der Waals surface area (Å²) in [5, 5.41) is 2.57. The number of para-hydroxylation sites is 2. The van der Waals surface area contributed by atoms with Crippen LogP contribution in [0.1, 0.15) is 11.1 Å². The summed E-state index contributed by atoms with van der Waals surface area (Å²) in [6.45, 7) is 0. The van der Waals surface area contributed by atoms with Crippen molar-refractivity contribution in [2.75, 3.05) is 7.05 Å². The number of nitrogens with two attached hydrogens (primary N) is 2. The Labute approximate surface area is 183 Å². The van der Waals surface area contributed by atoms with Gasteiger partial charge in [0, 0.05) is 22.2 Å². The number of hydrogen-bond donors (Lipinski definition) is 2. The van der Waals surface area contributed by atoms with Crippen LogP contribution in [0.3, 0.4) is 0 Å². The minimum absolute atomic E-state index is 0.814. The van der Waals surface area contributed by atoms with E-state index in [0.29, 0.717) is 0 Å². The Morgan fingerprint density at radius 3 is 1.77 bits per heavy atom. The Hall–Kier alpha value is -3.82. The van der Waals surface area contributed by atoms with E-state index in [1.165, 1.54) is 40.1 Å². The number of allylic oxidation sites excluding steroid dienone is 1. The Bertz CT molecular complexity index is 1260. The minimum atomic E-state index is 0.814. The molecule has 5 aromatic rings. The molecule has 0 saturated carbocycles. The van der Waals surface area contributed by atoms with E-state index in [1.807, 2.05) is 30.3 Å². The highest BCUT2D eigenvalue weighted by molar-refractivity contribution is 6.09. The van der Waals surface area contributed by atoms with Crippen molar-refractivity contribution in [1.82, 2.24) is 4.57 Å². The summed E-state index contributed by atoms with van der Waals surface area (Å²) in [6, 6.07) is 36.0. The van der Waals surface area contributed by atoms with Gasteiger partial charge in [0.1, 0.15) is 0 Å². The van der Waals surface area contributed by atoms with Crippen LogP contribution in [0.25, 0.3) is 33.2 Å². The van der Waals surface area contributed by atoms with Gasteiger partial charge in [-0.2, -0.15) is 0 Å². The Kier molecular flexibility index (Phi) is 6.16. The SMILES string of the molecule is CN.N/C(=C\Cc1ccc(-n2c3ccccc3c3ccccc32)cc1)c1ccccc1. The maximum atomic E-state index is 6.23. The minimum Gasteiger partial charge on any atom is -0.398 e. The van der Waals surface area contributed by atoms with E-state index < -0.39 is 0 Å². The molecule has 0 bridgehead atoms. The molecule has 3 nitrogen and oxygen atoms in total. The monoisotopic (exact) mass is 405 g/mol. The molecule has 0 radical (unpaired) electrons. The van der Waals surface area contributed by atoms with E-state index >= 15 is 0 Å². The smallest absolute Gasteiger partial charge is 0.0541 e. The molecule has 1 heterocycles. The van der Waals surface area contributed by atoms with Crippen LogP contribution >= 0.6 is 0 Å². The number of rotatable bonds is 4. The highest BCUT2D eigenvalue weighted by Crippen LogP contribution is 2.31. The summed E-state index contributed by atoms with van der Waals surface area (Å²) in [5.74, 6) is 0. The van der Waals surface area contributed by atoms with Gasteiger partial charge in [0.2, 0.25) is 0 Å². The number of benzene rings is 4. The van der Waals surface area contributed by atoms with E-state index in [0.717, 1.165) is 17.7 Å². The summed E-state index contributed by atoms with van der Waals surface area (Å²) >= 11 is 0. The fraction of sp³-hybridized carbons (Fsp3) is 0.0714. The molecule has 4 aromatic carbocycles. The standard InChI is InChI=1S/C27H22N2.CH5N/c28-25(21-8-2-1-3-9-21)19-16-20-14-17-22(18-15-20)29-26-12-6-4-10-23(26)24-11-5-7-13-27(24)29;1-2/h1-15,17-19H,16,28H2;2H2,1H3/b25-19-;. The predicted molar refractivity (Wildman–Crippen MR) is 133 cm³/mol. The van der Waals surface area contributed by atoms with Crippen LogP contribution in [0, 0.1) is 0 Å². The average molecular weight is 406 g/mol. The van der Waals surface area contributed by atoms with Gasteiger partial charge in [0.25, 0.3) is 0 Å². The number of hydrogen-bond acceptors (Lipinski definition) is 2. The highest BCUT2D eigenvalue weighted by Gasteiger charge is 2.10. The second-order valence-corrected chi connectivity index (χ2v) is 7.27. The fourth-order valence-electron chi connectivity index (χ4n) is 3.96. The third kappa shape index (κ3) is 4.09. The Morgan fingerprint density at radius 2 is 1.19 bits per heavy atom. The summed E-state index contributed by atoms with van der Waals surface area (Å²) < 4.78 is 2.34. The molecule has 0 amide bonds. The molecule has 0 unspecified atom stereocenters. The summed E-state index contributed by atoms with van der Waals surface area (Å²) in [6.07, 6.45) is 2.90. The van der Waals surface area contributed by atoms with Gasteiger partial charge in [-0.05, 0) is 48.9 Å². The topological polar surface area (TPSA) is 57.0 Å². The van der Waals surface area contributed by atoms with Crippen molar-refractivity contribution in [3.8, 4) is 5.69 Å². The van der Waals surface area contributed by atoms with Gasteiger partial charge in [0.05, 0.1) is 11.0 Å². The maximum absolute atomic E-state index is 6.23. The lowest BCUT2D eigenvalue weighted by Gasteiger charge is -2.09. The molecular weight excluding hydrogens is 378 g/mol. The molecule has 154 valence electrons. The van der Waals surface area contributed by atoms with Crippen molar-refractivity contribution in [3.05, 3.63) is 120 Å². The van der Waals surface area contributed by atoms with Gasteiger partial charge in [-0.15, -0.1) is 0 Å². The molecule has 0 aliphatic heterocycles. The Balaban J connectivity index is 0.00000112. The van der Waals surface area contributed by atoms with E-state index in [2.05, 4.69) is 89.2 Å². The lowest BCUT2D eigenvalue weighted by Crippen LogP contribution is -1.97. The zero-order chi connectivity index (χ0) is 21.6. The molecule has 0 saturated heterocycles. The second-order valence-electron chi connectivity index (χ2n) is 7.27. The molecule has 3 heteroatoms. The second kappa shape index (κ2) is 9.33. The molecule has 1 aromatic heterocycles. The van der Waals surface area contributed by atoms with Gasteiger partial charge in [-0.3, -0.25) is 0 Å². The lowest BCUT2D eigenvalue weighted by molar-refractivity contribution is 1.16. The molecule has 0 aliphatic carbocycles. The highest BCUT2D eigenvalue weighted by atomic mass is 15.0. The number of fused-ring (bicyclic) bond motifs is 3. The number of nitrogens with zero attached hydrogens (tertiary/aromatic N) is 1. The van der Waals surface area contributed by atoms with E-state index in [1.54, 1.807) is 0 Å². The zero-order valence-electron chi connectivity index (χ0n) is 17.7. The summed E-state index contributed by atoms with van der Waals surface area (Å²) in [7, 11) is 1.50. The van der Waals surface area contributed by atoms with E-state index in [9.17, 15) is 0 Å². The van der Waals surface area contributed by atoms with Gasteiger partial charge < -0.3 is 16.0 Å². The fourth-order valence-corrected chi connectivity index (χ4v) is 3.96.